The van der Waals surface area contributed by atoms with Crippen molar-refractivity contribution in [1.29, 1.82) is 0 Å². The maximum Gasteiger partial charge on any atom is 0.331 e. The summed E-state index contributed by atoms with van der Waals surface area (Å²) in [5, 5.41) is 26.5. The normalized spacial score (nSPS) is 22.1. The van der Waals surface area contributed by atoms with E-state index in [-0.39, 0.29) is 17.1 Å². The molecule has 2 N–H and O–H groups in total. The van der Waals surface area contributed by atoms with Gasteiger partial charge in [0.25, 0.3) is 5.91 Å². The van der Waals surface area contributed by atoms with Crippen LogP contribution in [0.2, 0.25) is 0 Å². The van der Waals surface area contributed by atoms with E-state index >= 15 is 4.39 Å². The van der Waals surface area contributed by atoms with E-state index in [1.165, 1.54) is 35.4 Å². The first-order chi connectivity index (χ1) is 16.9. The number of thiazole rings is 1. The molecule has 0 unspecified atom stereocenters. The number of likely N-dealkylation sites (tertiary alicyclic amines) is 1. The summed E-state index contributed by atoms with van der Waals surface area (Å²) in [4.78, 5) is 44.5. The molecule has 0 spiro atoms. The molecule has 3 atom stereocenters. The summed E-state index contributed by atoms with van der Waals surface area (Å²) in [5.74, 6) is -5.74. The van der Waals surface area contributed by atoms with Crippen LogP contribution < -0.4 is 0 Å². The summed E-state index contributed by atoms with van der Waals surface area (Å²) < 4.78 is 17.3. The van der Waals surface area contributed by atoms with Crippen LogP contribution in [0.4, 0.5) is 4.39 Å². The zero-order valence-corrected chi connectivity index (χ0v) is 22.1. The summed E-state index contributed by atoms with van der Waals surface area (Å²) in [5.41, 5.74) is -2.20. The molecule has 1 fully saturated rings. The Kier molecular flexibility index (Phi) is 6.78. The van der Waals surface area contributed by atoms with Gasteiger partial charge in [0, 0.05) is 28.4 Å². The minimum Gasteiger partial charge on any atom is -0.481 e. The van der Waals surface area contributed by atoms with Crippen LogP contribution in [0.3, 0.4) is 0 Å². The zero-order chi connectivity index (χ0) is 26.4. The average Bonchev–Trinajstić information content (AvgIpc) is 3.54. The first-order valence-corrected chi connectivity index (χ1v) is 12.7. The van der Waals surface area contributed by atoms with Crippen LogP contribution in [0.15, 0.2) is 46.6 Å². The highest BCUT2D eigenvalue weighted by Crippen LogP contribution is 2.49. The van der Waals surface area contributed by atoms with E-state index in [1.54, 1.807) is 11.4 Å². The molecule has 3 heterocycles. The smallest absolute Gasteiger partial charge is 0.331 e. The molecule has 0 saturated carbocycles. The van der Waals surface area contributed by atoms with Crippen molar-refractivity contribution in [3.63, 3.8) is 0 Å². The summed E-state index contributed by atoms with van der Waals surface area (Å²) >= 11 is 4.52. The molecule has 1 aliphatic rings. The molecular formula is C24H24BrFN4O5S. The molecule has 36 heavy (non-hydrogen) atoms. The lowest BCUT2D eigenvalue weighted by Crippen LogP contribution is -2.56. The predicted octanol–water partition coefficient (Wildman–Crippen LogP) is 4.35. The molecule has 0 radical (unpaired) electrons. The van der Waals surface area contributed by atoms with Gasteiger partial charge in [-0.25, -0.2) is 14.2 Å². The minimum absolute atomic E-state index is 0.255. The number of rotatable bonds is 6. The third kappa shape index (κ3) is 4.43. The number of amides is 1. The van der Waals surface area contributed by atoms with Gasteiger partial charge in [-0.05, 0) is 35.6 Å². The topological polar surface area (TPSA) is 126 Å². The van der Waals surface area contributed by atoms with Crippen LogP contribution in [-0.4, -0.2) is 53.3 Å². The third-order valence-corrected chi connectivity index (χ3v) is 7.90. The number of hydrogen-bond acceptors (Lipinski definition) is 6. The van der Waals surface area contributed by atoms with Crippen molar-refractivity contribution < 1.29 is 29.0 Å². The molecule has 9 nitrogen and oxygen atoms in total. The quantitative estimate of drug-likeness (QED) is 0.445. The second kappa shape index (κ2) is 9.40. The number of aromatic nitrogens is 3. The van der Waals surface area contributed by atoms with Gasteiger partial charge in [-0.2, -0.15) is 5.10 Å². The number of nitrogens with zero attached hydrogens (tertiary/aromatic N) is 4. The number of carboxylic acids is 2. The molecule has 0 aliphatic carbocycles. The highest BCUT2D eigenvalue weighted by molar-refractivity contribution is 9.10. The third-order valence-electron chi connectivity index (χ3n) is 6.39. The molecule has 1 aromatic carbocycles. The van der Waals surface area contributed by atoms with E-state index in [9.17, 15) is 24.6 Å². The summed E-state index contributed by atoms with van der Waals surface area (Å²) in [6.07, 6.45) is 4.02. The van der Waals surface area contributed by atoms with Gasteiger partial charge in [0.15, 0.2) is 5.54 Å². The van der Waals surface area contributed by atoms with Gasteiger partial charge in [-0.1, -0.05) is 36.7 Å². The van der Waals surface area contributed by atoms with Crippen LogP contribution in [-0.2, 0) is 21.5 Å². The van der Waals surface area contributed by atoms with E-state index < -0.39 is 53.0 Å². The number of carbonyl (C=O) groups is 3. The summed E-state index contributed by atoms with van der Waals surface area (Å²) in [7, 11) is 0. The Morgan fingerprint density at radius 1 is 1.25 bits per heavy atom. The fourth-order valence-corrected chi connectivity index (χ4v) is 6.43. The Morgan fingerprint density at radius 3 is 2.50 bits per heavy atom. The molecule has 1 saturated heterocycles. The van der Waals surface area contributed by atoms with Crippen molar-refractivity contribution in [1.82, 2.24) is 19.7 Å². The SMILES string of the molecule is CC(C)(C)c1cc(F)c(C(=O)N2[C@@H](c3nccs3)[C@@H](C(=O)O)C[C@@]2(Cn2cccn2)C(=O)O)cc1Br. The Labute approximate surface area is 218 Å². The van der Waals surface area contributed by atoms with Crippen LogP contribution in [0, 0.1) is 11.7 Å². The first-order valence-electron chi connectivity index (χ1n) is 11.0. The lowest BCUT2D eigenvalue weighted by Gasteiger charge is -2.37. The highest BCUT2D eigenvalue weighted by Gasteiger charge is 2.62. The summed E-state index contributed by atoms with van der Waals surface area (Å²) in [6.45, 7) is 5.35. The largest absolute Gasteiger partial charge is 0.481 e. The van der Waals surface area contributed by atoms with Gasteiger partial charge in [-0.3, -0.25) is 14.3 Å². The van der Waals surface area contributed by atoms with Gasteiger partial charge in [-0.15, -0.1) is 11.3 Å². The molecule has 4 rings (SSSR count). The van der Waals surface area contributed by atoms with Gasteiger partial charge >= 0.3 is 11.9 Å². The summed E-state index contributed by atoms with van der Waals surface area (Å²) in [6, 6.07) is 2.94. The highest BCUT2D eigenvalue weighted by atomic mass is 79.9. The molecule has 1 aliphatic heterocycles. The average molecular weight is 579 g/mol. The van der Waals surface area contributed by atoms with Crippen molar-refractivity contribution in [3.05, 3.63) is 68.6 Å². The fourth-order valence-electron chi connectivity index (χ4n) is 4.70. The van der Waals surface area contributed by atoms with Crippen LogP contribution in [0.1, 0.15) is 54.2 Å². The van der Waals surface area contributed by atoms with Crippen molar-refractivity contribution in [2.75, 3.05) is 0 Å². The maximum atomic E-state index is 15.5. The number of halogens is 2. The van der Waals surface area contributed by atoms with Crippen molar-refractivity contribution >= 4 is 45.1 Å². The maximum absolute atomic E-state index is 15.5. The molecule has 12 heteroatoms. The standard InChI is InChI=1S/C24H24BrFN4O5S/c1-23(2,3)15-10-17(26)13(9-16(15)25)20(31)30-18(19-27-6-8-36-19)14(21(32)33)11-24(30,22(34)35)12-29-7-4-5-28-29/h4-10,14,18H,11-12H2,1-3H3,(H,32,33)(H,34,35)/t14-,18+,24+/m0/s1. The zero-order valence-electron chi connectivity index (χ0n) is 19.7. The minimum atomic E-state index is -2.02. The van der Waals surface area contributed by atoms with Crippen LogP contribution >= 0.6 is 27.3 Å². The Hall–Kier alpha value is -3.12. The van der Waals surface area contributed by atoms with E-state index in [2.05, 4.69) is 26.0 Å². The molecule has 0 bridgehead atoms. The van der Waals surface area contributed by atoms with Gasteiger partial charge in [0.05, 0.1) is 24.1 Å². The Balaban J connectivity index is 1.94. The van der Waals surface area contributed by atoms with Crippen molar-refractivity contribution in [2.24, 2.45) is 5.92 Å². The number of benzene rings is 1. The van der Waals surface area contributed by atoms with Crippen LogP contribution in [0.25, 0.3) is 0 Å². The predicted molar refractivity (Wildman–Crippen MR) is 132 cm³/mol. The molecule has 3 aromatic rings. The van der Waals surface area contributed by atoms with Gasteiger partial charge in [0.2, 0.25) is 0 Å². The van der Waals surface area contributed by atoms with Crippen molar-refractivity contribution in [3.8, 4) is 0 Å². The molecule has 1 amide bonds. The van der Waals surface area contributed by atoms with Gasteiger partial charge in [0.1, 0.15) is 10.8 Å². The Bertz CT molecular complexity index is 1310. The first kappa shape index (κ1) is 26.0. The van der Waals surface area contributed by atoms with Crippen molar-refractivity contribution in [2.45, 2.75) is 50.7 Å². The number of aliphatic carboxylic acids is 2. The number of carboxylic acid groups (broad SMARTS) is 2. The fraction of sp³-hybridized carbons (Fsp3) is 0.375. The number of hydrogen-bond donors (Lipinski definition) is 2. The number of carbonyl (C=O) groups excluding carboxylic acids is 1. The van der Waals surface area contributed by atoms with E-state index in [0.29, 0.717) is 10.0 Å². The molecular weight excluding hydrogens is 555 g/mol. The lowest BCUT2D eigenvalue weighted by molar-refractivity contribution is -0.150. The van der Waals surface area contributed by atoms with E-state index in [0.717, 1.165) is 16.2 Å². The van der Waals surface area contributed by atoms with Crippen LogP contribution in [0.5, 0.6) is 0 Å². The monoisotopic (exact) mass is 578 g/mol. The van der Waals surface area contributed by atoms with E-state index in [1.807, 2.05) is 20.8 Å². The lowest BCUT2D eigenvalue weighted by atomic mass is 9.86. The Morgan fingerprint density at radius 2 is 1.97 bits per heavy atom. The molecule has 190 valence electrons. The second-order valence-electron chi connectivity index (χ2n) is 9.74. The molecule has 2 aromatic heterocycles. The van der Waals surface area contributed by atoms with E-state index in [4.69, 9.17) is 0 Å². The van der Waals surface area contributed by atoms with Gasteiger partial charge < -0.3 is 15.1 Å². The second-order valence-corrected chi connectivity index (χ2v) is 11.5.